The van der Waals surface area contributed by atoms with Gasteiger partial charge in [0.25, 0.3) is 5.91 Å². The van der Waals surface area contributed by atoms with Gasteiger partial charge < -0.3 is 5.73 Å². The lowest BCUT2D eigenvalue weighted by Gasteiger charge is -2.12. The first-order valence-corrected chi connectivity index (χ1v) is 5.72. The minimum absolute atomic E-state index is 0.407. The normalized spacial score (nSPS) is 15.9. The second kappa shape index (κ2) is 4.92. The zero-order chi connectivity index (χ0) is 11.4. The van der Waals surface area contributed by atoms with Crippen LogP contribution in [0.5, 0.6) is 0 Å². The summed E-state index contributed by atoms with van der Waals surface area (Å²) in [5.74, 6) is -0.407. The fourth-order valence-electron chi connectivity index (χ4n) is 2.02. The molecule has 0 bridgehead atoms. The standard InChI is InChI=1S/C13H16N2O/c14-13(16)11-8-4-5-9-12(11)15-10-6-2-1-3-7-10/h4-5,8-9H,1-3,6-7H2,(H2,14,16). The zero-order valence-electron chi connectivity index (χ0n) is 9.28. The van der Waals surface area contributed by atoms with Gasteiger partial charge >= 0.3 is 0 Å². The Hall–Kier alpha value is -1.64. The molecule has 1 saturated carbocycles. The molecule has 0 heterocycles. The summed E-state index contributed by atoms with van der Waals surface area (Å²) < 4.78 is 0. The van der Waals surface area contributed by atoms with Gasteiger partial charge in [0.2, 0.25) is 0 Å². The summed E-state index contributed by atoms with van der Waals surface area (Å²) in [6.07, 6.45) is 5.80. The molecular weight excluding hydrogens is 200 g/mol. The maximum absolute atomic E-state index is 11.2. The highest BCUT2D eigenvalue weighted by molar-refractivity contribution is 5.99. The minimum atomic E-state index is -0.407. The molecule has 1 aromatic rings. The van der Waals surface area contributed by atoms with Gasteiger partial charge in [-0.2, -0.15) is 0 Å². The average Bonchev–Trinajstić information content (AvgIpc) is 2.31. The number of rotatable bonds is 2. The summed E-state index contributed by atoms with van der Waals surface area (Å²) in [6.45, 7) is 0. The molecule has 16 heavy (non-hydrogen) atoms. The molecule has 0 atom stereocenters. The Bertz CT molecular complexity index is 416. The van der Waals surface area contributed by atoms with Crippen molar-refractivity contribution in [3.8, 4) is 0 Å². The number of hydrogen-bond donors (Lipinski definition) is 1. The number of carbonyl (C=O) groups is 1. The van der Waals surface area contributed by atoms with E-state index in [0.717, 1.165) is 12.8 Å². The number of carbonyl (C=O) groups excluding carboxylic acids is 1. The number of nitrogens with two attached hydrogens (primary N) is 1. The molecule has 2 rings (SSSR count). The number of para-hydroxylation sites is 1. The molecular formula is C13H16N2O. The van der Waals surface area contributed by atoms with Gasteiger partial charge in [-0.25, -0.2) is 0 Å². The van der Waals surface area contributed by atoms with Crippen molar-refractivity contribution in [2.45, 2.75) is 32.1 Å². The maximum Gasteiger partial charge on any atom is 0.250 e. The number of aliphatic imine (C=N–C) groups is 1. The van der Waals surface area contributed by atoms with Crippen molar-refractivity contribution < 1.29 is 4.79 Å². The number of amides is 1. The van der Waals surface area contributed by atoms with E-state index in [0.29, 0.717) is 11.3 Å². The van der Waals surface area contributed by atoms with Crippen molar-refractivity contribution in [1.29, 1.82) is 0 Å². The second-order valence-corrected chi connectivity index (χ2v) is 4.12. The highest BCUT2D eigenvalue weighted by Gasteiger charge is 2.10. The zero-order valence-corrected chi connectivity index (χ0v) is 9.28. The summed E-state index contributed by atoms with van der Waals surface area (Å²) in [6, 6.07) is 7.27. The lowest BCUT2D eigenvalue weighted by atomic mass is 9.98. The van der Waals surface area contributed by atoms with Crippen LogP contribution in [0, 0.1) is 0 Å². The van der Waals surface area contributed by atoms with Crippen LogP contribution >= 0.6 is 0 Å². The van der Waals surface area contributed by atoms with Crippen LogP contribution in [-0.4, -0.2) is 11.6 Å². The Labute approximate surface area is 95.4 Å². The molecule has 0 aromatic heterocycles. The molecule has 1 aliphatic rings. The van der Waals surface area contributed by atoms with E-state index in [4.69, 9.17) is 5.73 Å². The van der Waals surface area contributed by atoms with Crippen LogP contribution < -0.4 is 5.73 Å². The fourth-order valence-corrected chi connectivity index (χ4v) is 2.02. The van der Waals surface area contributed by atoms with Crippen LogP contribution in [-0.2, 0) is 0 Å². The topological polar surface area (TPSA) is 55.5 Å². The van der Waals surface area contributed by atoms with E-state index < -0.39 is 5.91 Å². The highest BCUT2D eigenvalue weighted by atomic mass is 16.1. The monoisotopic (exact) mass is 216 g/mol. The van der Waals surface area contributed by atoms with Gasteiger partial charge in [-0.15, -0.1) is 0 Å². The van der Waals surface area contributed by atoms with Gasteiger partial charge in [0.15, 0.2) is 0 Å². The van der Waals surface area contributed by atoms with E-state index in [1.165, 1.54) is 25.0 Å². The Morgan fingerprint density at radius 3 is 2.50 bits per heavy atom. The predicted molar refractivity (Wildman–Crippen MR) is 65.1 cm³/mol. The third kappa shape index (κ3) is 2.48. The van der Waals surface area contributed by atoms with Crippen molar-refractivity contribution >= 4 is 17.3 Å². The van der Waals surface area contributed by atoms with E-state index >= 15 is 0 Å². The van der Waals surface area contributed by atoms with E-state index in [9.17, 15) is 4.79 Å². The first-order valence-electron chi connectivity index (χ1n) is 5.72. The van der Waals surface area contributed by atoms with Gasteiger partial charge in [0, 0.05) is 5.71 Å². The SMILES string of the molecule is NC(=O)c1ccccc1N=C1CCCCC1. The van der Waals surface area contributed by atoms with Gasteiger partial charge in [-0.05, 0) is 37.8 Å². The molecule has 1 fully saturated rings. The lowest BCUT2D eigenvalue weighted by Crippen LogP contribution is -2.11. The molecule has 3 heteroatoms. The molecule has 1 aromatic carbocycles. The quantitative estimate of drug-likeness (QED) is 0.812. The van der Waals surface area contributed by atoms with Crippen LogP contribution in [0.15, 0.2) is 29.3 Å². The van der Waals surface area contributed by atoms with Crippen molar-refractivity contribution in [2.24, 2.45) is 10.7 Å². The fraction of sp³-hybridized carbons (Fsp3) is 0.385. The van der Waals surface area contributed by atoms with Gasteiger partial charge in [-0.1, -0.05) is 18.6 Å². The maximum atomic E-state index is 11.2. The minimum Gasteiger partial charge on any atom is -0.366 e. The summed E-state index contributed by atoms with van der Waals surface area (Å²) in [5.41, 5.74) is 7.74. The van der Waals surface area contributed by atoms with E-state index in [1.54, 1.807) is 6.07 Å². The van der Waals surface area contributed by atoms with Crippen LogP contribution in [0.2, 0.25) is 0 Å². The number of hydrogen-bond acceptors (Lipinski definition) is 2. The Morgan fingerprint density at radius 2 is 1.81 bits per heavy atom. The van der Waals surface area contributed by atoms with Gasteiger partial charge in [0.1, 0.15) is 0 Å². The molecule has 0 unspecified atom stereocenters. The van der Waals surface area contributed by atoms with E-state index in [-0.39, 0.29) is 0 Å². The van der Waals surface area contributed by atoms with Gasteiger partial charge in [-0.3, -0.25) is 9.79 Å². The molecule has 2 N–H and O–H groups in total. The summed E-state index contributed by atoms with van der Waals surface area (Å²) in [5, 5.41) is 0. The lowest BCUT2D eigenvalue weighted by molar-refractivity contribution is 0.100. The number of nitrogens with zero attached hydrogens (tertiary/aromatic N) is 1. The molecule has 0 aliphatic heterocycles. The smallest absolute Gasteiger partial charge is 0.250 e. The van der Waals surface area contributed by atoms with E-state index in [2.05, 4.69) is 4.99 Å². The molecule has 0 saturated heterocycles. The molecule has 1 aliphatic carbocycles. The molecule has 3 nitrogen and oxygen atoms in total. The Morgan fingerprint density at radius 1 is 1.12 bits per heavy atom. The Balaban J connectivity index is 2.29. The third-order valence-corrected chi connectivity index (χ3v) is 2.88. The molecule has 1 amide bonds. The first-order chi connectivity index (χ1) is 7.77. The van der Waals surface area contributed by atoms with Gasteiger partial charge in [0.05, 0.1) is 11.3 Å². The summed E-state index contributed by atoms with van der Waals surface area (Å²) >= 11 is 0. The van der Waals surface area contributed by atoms with Crippen LogP contribution in [0.1, 0.15) is 42.5 Å². The predicted octanol–water partition coefficient (Wildman–Crippen LogP) is 2.82. The van der Waals surface area contributed by atoms with Crippen molar-refractivity contribution in [3.05, 3.63) is 29.8 Å². The molecule has 0 spiro atoms. The van der Waals surface area contributed by atoms with Crippen molar-refractivity contribution in [2.75, 3.05) is 0 Å². The highest BCUT2D eigenvalue weighted by Crippen LogP contribution is 2.22. The van der Waals surface area contributed by atoms with Crippen LogP contribution in [0.3, 0.4) is 0 Å². The average molecular weight is 216 g/mol. The summed E-state index contributed by atoms with van der Waals surface area (Å²) in [4.78, 5) is 15.8. The largest absolute Gasteiger partial charge is 0.366 e. The second-order valence-electron chi connectivity index (χ2n) is 4.12. The van der Waals surface area contributed by atoms with E-state index in [1.807, 2.05) is 18.2 Å². The summed E-state index contributed by atoms with van der Waals surface area (Å²) in [7, 11) is 0. The molecule has 0 radical (unpaired) electrons. The third-order valence-electron chi connectivity index (χ3n) is 2.88. The van der Waals surface area contributed by atoms with Crippen molar-refractivity contribution in [1.82, 2.24) is 0 Å². The first kappa shape index (κ1) is 10.9. The number of benzene rings is 1. The van der Waals surface area contributed by atoms with Crippen LogP contribution in [0.4, 0.5) is 5.69 Å². The van der Waals surface area contributed by atoms with Crippen molar-refractivity contribution in [3.63, 3.8) is 0 Å². The Kier molecular flexibility index (Phi) is 3.34. The van der Waals surface area contributed by atoms with Crippen LogP contribution in [0.25, 0.3) is 0 Å². The molecule has 84 valence electrons. The number of primary amides is 1.